The molecule has 0 N–H and O–H groups in total. The fourth-order valence-corrected chi connectivity index (χ4v) is 15.5. The third-order valence-corrected chi connectivity index (χ3v) is 19.3. The van der Waals surface area contributed by atoms with Crippen molar-refractivity contribution >= 4 is 81.3 Å². The molecule has 4 aliphatic heterocycles. The van der Waals surface area contributed by atoms with E-state index in [0.29, 0.717) is 0 Å². The number of fused-ring (bicyclic) bond motifs is 13. The van der Waals surface area contributed by atoms with Crippen molar-refractivity contribution in [2.45, 2.75) is 0 Å². The van der Waals surface area contributed by atoms with Crippen LogP contribution < -0.4 is 43.7 Å². The molecular formula is C78H16B4N20. The van der Waals surface area contributed by atoms with Gasteiger partial charge in [-0.1, -0.05) is 0 Å². The summed E-state index contributed by atoms with van der Waals surface area (Å²) in [5, 5.41) is 221. The zero-order valence-electron chi connectivity index (χ0n) is 51.5. The molecule has 14 rings (SSSR count). The van der Waals surface area contributed by atoms with E-state index < -0.39 is 26.9 Å². The number of hydrogen-bond donors (Lipinski definition) is 0. The number of benzene rings is 10. The summed E-state index contributed by atoms with van der Waals surface area (Å²) in [7, 11) is 0. The van der Waals surface area contributed by atoms with Crippen molar-refractivity contribution < 1.29 is 0 Å². The first-order chi connectivity index (χ1) is 49.7. The average Bonchev–Trinajstić information content (AvgIpc) is 1.42. The fourth-order valence-electron chi connectivity index (χ4n) is 15.5. The van der Waals surface area contributed by atoms with Crippen molar-refractivity contribution in [3.05, 3.63) is 186 Å². The van der Waals surface area contributed by atoms with Gasteiger partial charge in [-0.3, -0.25) is 0 Å². The van der Waals surface area contributed by atoms with Gasteiger partial charge in [0.05, 0.1) is 186 Å². The maximum absolute atomic E-state index is 11.9. The maximum atomic E-state index is 11.9. The Kier molecular flexibility index (Phi) is 14.1. The molecule has 0 spiro atoms. The summed E-state index contributed by atoms with van der Waals surface area (Å²) in [6, 6.07) is 55.6. The second-order valence-corrected chi connectivity index (χ2v) is 23.7. The molecule has 440 valence electrons. The van der Waals surface area contributed by atoms with Crippen LogP contribution in [-0.2, 0) is 0 Å². The molecule has 0 unspecified atom stereocenters. The summed E-state index contributed by atoms with van der Waals surface area (Å²) in [4.78, 5) is 0. The minimum atomic E-state index is -1.45. The van der Waals surface area contributed by atoms with Gasteiger partial charge < -0.3 is 0 Å². The van der Waals surface area contributed by atoms with E-state index in [1.54, 1.807) is 0 Å². The van der Waals surface area contributed by atoms with Crippen LogP contribution in [0.1, 0.15) is 89.0 Å². The highest BCUT2D eigenvalue weighted by atomic mass is 14.4. The predicted octanol–water partition coefficient (Wildman–Crippen LogP) is 6.06. The largest absolute Gasteiger partial charge is 0.336 e. The van der Waals surface area contributed by atoms with E-state index in [-0.39, 0.29) is 233 Å². The normalized spacial score (nSPS) is 11.1. The molecular weight excluding hydrogens is 1260 g/mol. The summed E-state index contributed by atoms with van der Waals surface area (Å²) in [5.74, 6) is 8.83. The first-order valence-electron chi connectivity index (χ1n) is 29.9. The summed E-state index contributed by atoms with van der Waals surface area (Å²) >= 11 is 0. The Hall–Kier alpha value is -17.5. The van der Waals surface area contributed by atoms with Gasteiger partial charge in [0.15, 0.2) is 0 Å². The lowest BCUT2D eigenvalue weighted by Crippen LogP contribution is -2.40. The lowest BCUT2D eigenvalue weighted by Gasteiger charge is -2.23. The van der Waals surface area contributed by atoms with Gasteiger partial charge in [0.1, 0.15) is 0 Å². The minimum Gasteiger partial charge on any atom is -0.212 e. The van der Waals surface area contributed by atoms with Crippen LogP contribution in [0.2, 0.25) is 0 Å². The predicted molar refractivity (Wildman–Crippen MR) is 365 cm³/mol. The van der Waals surface area contributed by atoms with Gasteiger partial charge in [-0.05, 0) is 218 Å². The number of hydrogen-bond acceptors (Lipinski definition) is 20. The smallest absolute Gasteiger partial charge is 0.212 e. The van der Waals surface area contributed by atoms with E-state index in [0.717, 1.165) is 0 Å². The molecule has 0 amide bonds. The van der Waals surface area contributed by atoms with Gasteiger partial charge in [0.2, 0.25) is 0 Å². The Balaban J connectivity index is 1.23. The first kappa shape index (κ1) is 62.0. The molecule has 20 nitrogen and oxygen atoms in total. The minimum absolute atomic E-state index is 0.00391. The second-order valence-electron chi connectivity index (χ2n) is 23.7. The van der Waals surface area contributed by atoms with E-state index in [2.05, 4.69) is 84.6 Å². The van der Waals surface area contributed by atoms with Gasteiger partial charge in [-0.15, -0.1) is 0 Å². The standard InChI is InChI=1S/C78H16B4N20/c83-17-37-1-47(25-91)71-55(5-37)59-13-43(21-87)67(63(29-95)75(59)79(71)33-99)41-9-51-52(53(11-41)69-45(23-89)15-61-57-7-39(19-85)3-49(27-93)73(57)81(35-101)77(61)65(69)31-97)10-42(68-44(22-88)14-60-56-6-38(18-84)2-48(26-92)72(56)80(34-100)76(60)64(68)30-96)12-54(51)70-46(24-90)16-62-58-8-40(20-86)4-50(28-94)74(58)82(36-102)78(62)66(70)32-98/h1-16H. The van der Waals surface area contributed by atoms with E-state index >= 15 is 0 Å². The Bertz CT molecular complexity index is 6480. The molecule has 4 aliphatic rings. The monoisotopic (exact) mass is 1280 g/mol. The lowest BCUT2D eigenvalue weighted by atomic mass is 9.42. The Labute approximate surface area is 579 Å². The number of nitriles is 20. The molecule has 10 aromatic carbocycles. The van der Waals surface area contributed by atoms with Crippen LogP contribution in [0.5, 0.6) is 0 Å². The average molecular weight is 1280 g/mol. The van der Waals surface area contributed by atoms with Crippen LogP contribution in [0.25, 0.3) is 99.8 Å². The van der Waals surface area contributed by atoms with Crippen LogP contribution in [0, 0.1) is 226 Å². The van der Waals surface area contributed by atoms with E-state index in [1.165, 1.54) is 97.1 Å². The van der Waals surface area contributed by atoms with Gasteiger partial charge in [0, 0.05) is 46.1 Å². The van der Waals surface area contributed by atoms with Gasteiger partial charge in [-0.25, -0.2) is 21.0 Å². The Morgan fingerprint density at radius 1 is 0.176 bits per heavy atom. The zero-order valence-corrected chi connectivity index (χ0v) is 51.5. The first-order valence-corrected chi connectivity index (χ1v) is 29.9. The molecule has 0 aromatic heterocycles. The van der Waals surface area contributed by atoms with Crippen LogP contribution in [0.3, 0.4) is 0 Å². The van der Waals surface area contributed by atoms with Crippen molar-refractivity contribution in [3.63, 3.8) is 0 Å². The topological polar surface area (TPSA) is 476 Å². The van der Waals surface area contributed by atoms with Crippen LogP contribution in [-0.4, -0.2) is 26.9 Å². The molecule has 0 bridgehead atoms. The van der Waals surface area contributed by atoms with Gasteiger partial charge in [-0.2, -0.15) is 84.2 Å². The third kappa shape index (κ3) is 8.21. The van der Waals surface area contributed by atoms with E-state index in [4.69, 9.17) is 0 Å². The van der Waals surface area contributed by atoms with Crippen molar-refractivity contribution in [2.24, 2.45) is 0 Å². The number of nitrogens with zero attached hydrogens (tertiary/aromatic N) is 20. The zero-order chi connectivity index (χ0) is 72.0. The third-order valence-electron chi connectivity index (χ3n) is 19.3. The molecule has 0 radical (unpaired) electrons. The van der Waals surface area contributed by atoms with Crippen LogP contribution in [0.15, 0.2) is 97.1 Å². The van der Waals surface area contributed by atoms with Crippen molar-refractivity contribution in [1.29, 1.82) is 105 Å². The molecule has 0 fully saturated rings. The van der Waals surface area contributed by atoms with E-state index in [9.17, 15) is 105 Å². The van der Waals surface area contributed by atoms with E-state index in [1.807, 2.05) is 36.4 Å². The van der Waals surface area contributed by atoms with Crippen LogP contribution >= 0.6 is 0 Å². The molecule has 0 saturated heterocycles. The quantitative estimate of drug-likeness (QED) is 0.181. The SMILES string of the molecule is N#CB1c2c(C#N)cc(C#N)cc2-c2cc(C#N)c(-c3cc(-c4c(C#N)cc5c(c4C#N)B(C#N)c4c(C#N)cc(C#N)cc4-5)c4cc(-c5c(C#N)cc6c(c5C#N)B(C#N)c5c(C#N)cc(C#N)cc5-6)cc(-c5c(C#N)cc6c(c5C#N)B(C#N)c5c(C#N)cc(C#N)cc5-6)c4c3)c(C#N)c21. The molecule has 24 heteroatoms. The molecule has 0 aliphatic carbocycles. The van der Waals surface area contributed by atoms with Crippen molar-refractivity contribution in [3.8, 4) is 210 Å². The highest BCUT2D eigenvalue weighted by Crippen LogP contribution is 2.49. The lowest BCUT2D eigenvalue weighted by molar-refractivity contribution is 1.44. The summed E-state index contributed by atoms with van der Waals surface area (Å²) < 4.78 is 0. The van der Waals surface area contributed by atoms with Gasteiger partial charge >= 0.3 is 26.9 Å². The van der Waals surface area contributed by atoms with Crippen LogP contribution in [0.4, 0.5) is 0 Å². The highest BCUT2D eigenvalue weighted by Gasteiger charge is 2.45. The van der Waals surface area contributed by atoms with Gasteiger partial charge in [0.25, 0.3) is 0 Å². The molecule has 4 heterocycles. The second kappa shape index (κ2) is 23.2. The molecule has 0 saturated carbocycles. The molecule has 0 atom stereocenters. The maximum Gasteiger partial charge on any atom is 0.336 e. The van der Waals surface area contributed by atoms with Crippen molar-refractivity contribution in [2.75, 3.05) is 0 Å². The van der Waals surface area contributed by atoms with Crippen molar-refractivity contribution in [1.82, 2.24) is 0 Å². The summed E-state index contributed by atoms with van der Waals surface area (Å²) in [5.41, 5.74) is -2.76. The Morgan fingerprint density at radius 2 is 0.392 bits per heavy atom. The highest BCUT2D eigenvalue weighted by molar-refractivity contribution is 6.98. The molecule has 102 heavy (non-hydrogen) atoms. The number of rotatable bonds is 4. The fraction of sp³-hybridized carbons (Fsp3) is 0. The summed E-state index contributed by atoms with van der Waals surface area (Å²) in [6.07, 6.45) is 0. The summed E-state index contributed by atoms with van der Waals surface area (Å²) in [6.45, 7) is -5.70. The Morgan fingerprint density at radius 3 is 0.598 bits per heavy atom. The molecule has 10 aromatic rings.